The Bertz CT molecular complexity index is 538. The molecule has 0 spiro atoms. The molecule has 5 heteroatoms. The van der Waals surface area contributed by atoms with Crippen LogP contribution < -0.4 is 10.2 Å². The molecule has 0 bridgehead atoms. The molecule has 0 aliphatic carbocycles. The molecule has 2 atom stereocenters. The van der Waals surface area contributed by atoms with Gasteiger partial charge in [0, 0.05) is 45.5 Å². The van der Waals surface area contributed by atoms with Gasteiger partial charge >= 0.3 is 0 Å². The molecule has 1 aromatic rings. The van der Waals surface area contributed by atoms with Crippen LogP contribution in [0.25, 0.3) is 0 Å². The van der Waals surface area contributed by atoms with Crippen LogP contribution in [0.15, 0.2) is 18.3 Å². The van der Waals surface area contributed by atoms with Gasteiger partial charge < -0.3 is 15.1 Å². The second-order valence-corrected chi connectivity index (χ2v) is 6.89. The number of nitrogens with zero attached hydrogens (tertiary/aromatic N) is 3. The fraction of sp³-hybridized carbons (Fsp3) is 0.625. The van der Waals surface area contributed by atoms with E-state index >= 15 is 0 Å². The first-order chi connectivity index (χ1) is 9.91. The van der Waals surface area contributed by atoms with Crippen LogP contribution in [0.3, 0.4) is 0 Å². The number of carbonyl (C=O) groups is 1. The molecule has 3 rings (SSSR count). The maximum absolute atomic E-state index is 11.9. The third-order valence-electron chi connectivity index (χ3n) is 5.04. The third-order valence-corrected chi connectivity index (χ3v) is 5.04. The van der Waals surface area contributed by atoms with Crippen molar-refractivity contribution in [2.45, 2.75) is 19.4 Å². The molecule has 5 nitrogen and oxygen atoms in total. The van der Waals surface area contributed by atoms with Crippen LogP contribution in [-0.2, 0) is 0 Å². The molecule has 1 aromatic heterocycles. The third kappa shape index (κ3) is 2.29. The molecule has 2 saturated heterocycles. The van der Waals surface area contributed by atoms with E-state index in [1.54, 1.807) is 25.2 Å². The Morgan fingerprint density at radius 2 is 2.14 bits per heavy atom. The van der Waals surface area contributed by atoms with E-state index in [0.29, 0.717) is 17.4 Å². The fourth-order valence-electron chi connectivity index (χ4n) is 3.74. The number of amides is 1. The van der Waals surface area contributed by atoms with Crippen molar-refractivity contribution in [1.29, 1.82) is 0 Å². The highest BCUT2D eigenvalue weighted by atomic mass is 16.2. The van der Waals surface area contributed by atoms with E-state index in [1.807, 2.05) is 12.1 Å². The van der Waals surface area contributed by atoms with E-state index in [4.69, 9.17) is 0 Å². The zero-order valence-electron chi connectivity index (χ0n) is 13.3. The standard InChI is InChI=1S/C16H24N4O/c1-16(2)13-9-17-7-12(13)10-20(16)14-6-5-11(8-18-14)15(21)19(3)4/h5-6,8,12-13,17H,7,9-10H2,1-4H3. The number of carbonyl (C=O) groups excluding carboxylic acids is 1. The fourth-order valence-corrected chi connectivity index (χ4v) is 3.74. The van der Waals surface area contributed by atoms with Crippen molar-refractivity contribution in [3.63, 3.8) is 0 Å². The lowest BCUT2D eigenvalue weighted by molar-refractivity contribution is 0.0827. The van der Waals surface area contributed by atoms with Gasteiger partial charge in [-0.1, -0.05) is 0 Å². The Morgan fingerprint density at radius 1 is 1.38 bits per heavy atom. The van der Waals surface area contributed by atoms with Crippen molar-refractivity contribution >= 4 is 11.7 Å². The number of hydrogen-bond donors (Lipinski definition) is 1. The van der Waals surface area contributed by atoms with Gasteiger partial charge in [-0.15, -0.1) is 0 Å². The van der Waals surface area contributed by atoms with Gasteiger partial charge in [0.2, 0.25) is 0 Å². The van der Waals surface area contributed by atoms with Crippen LogP contribution in [0, 0.1) is 11.8 Å². The number of hydrogen-bond acceptors (Lipinski definition) is 4. The van der Waals surface area contributed by atoms with Crippen LogP contribution in [0.2, 0.25) is 0 Å². The summed E-state index contributed by atoms with van der Waals surface area (Å²) in [7, 11) is 3.52. The SMILES string of the molecule is CN(C)C(=O)c1ccc(N2CC3CNCC3C2(C)C)nc1. The Morgan fingerprint density at radius 3 is 2.71 bits per heavy atom. The molecule has 2 aliphatic rings. The summed E-state index contributed by atoms with van der Waals surface area (Å²) in [6, 6.07) is 3.86. The molecule has 1 N–H and O–H groups in total. The lowest BCUT2D eigenvalue weighted by atomic mass is 9.85. The summed E-state index contributed by atoms with van der Waals surface area (Å²) in [6.45, 7) is 7.82. The van der Waals surface area contributed by atoms with Crippen molar-refractivity contribution in [3.8, 4) is 0 Å². The van der Waals surface area contributed by atoms with Gasteiger partial charge in [-0.3, -0.25) is 4.79 Å². The first kappa shape index (κ1) is 14.3. The monoisotopic (exact) mass is 288 g/mol. The lowest BCUT2D eigenvalue weighted by Gasteiger charge is -2.36. The Hall–Kier alpha value is -1.62. The average Bonchev–Trinajstić information content (AvgIpc) is 3.01. The molecule has 0 aromatic carbocycles. The molecule has 2 aliphatic heterocycles. The predicted molar refractivity (Wildman–Crippen MR) is 83.5 cm³/mol. The maximum atomic E-state index is 11.9. The van der Waals surface area contributed by atoms with Crippen LogP contribution in [0.4, 0.5) is 5.82 Å². The average molecular weight is 288 g/mol. The molecule has 3 heterocycles. The summed E-state index contributed by atoms with van der Waals surface area (Å²) in [6.07, 6.45) is 1.69. The molecule has 114 valence electrons. The first-order valence-electron chi connectivity index (χ1n) is 7.57. The molecule has 2 fully saturated rings. The quantitative estimate of drug-likeness (QED) is 0.889. The second-order valence-electron chi connectivity index (χ2n) is 6.89. The van der Waals surface area contributed by atoms with Crippen molar-refractivity contribution in [1.82, 2.24) is 15.2 Å². The second kappa shape index (κ2) is 4.98. The smallest absolute Gasteiger partial charge is 0.254 e. The molecular formula is C16H24N4O. The lowest BCUT2D eigenvalue weighted by Crippen LogP contribution is -2.45. The largest absolute Gasteiger partial charge is 0.351 e. The molecule has 0 saturated carbocycles. The van der Waals surface area contributed by atoms with E-state index in [1.165, 1.54) is 0 Å². The normalized spacial score (nSPS) is 26.8. The van der Waals surface area contributed by atoms with Gasteiger partial charge in [0.05, 0.1) is 5.56 Å². The van der Waals surface area contributed by atoms with Gasteiger partial charge in [-0.25, -0.2) is 4.98 Å². The van der Waals surface area contributed by atoms with E-state index in [-0.39, 0.29) is 11.4 Å². The van der Waals surface area contributed by atoms with Crippen molar-refractivity contribution < 1.29 is 4.79 Å². The summed E-state index contributed by atoms with van der Waals surface area (Å²) in [5.41, 5.74) is 0.747. The summed E-state index contributed by atoms with van der Waals surface area (Å²) in [5, 5.41) is 3.49. The van der Waals surface area contributed by atoms with E-state index < -0.39 is 0 Å². The van der Waals surface area contributed by atoms with E-state index in [2.05, 4.69) is 29.0 Å². The molecule has 21 heavy (non-hydrogen) atoms. The van der Waals surface area contributed by atoms with Gasteiger partial charge in [0.1, 0.15) is 5.82 Å². The van der Waals surface area contributed by atoms with E-state index in [9.17, 15) is 4.79 Å². The molecule has 2 unspecified atom stereocenters. The zero-order chi connectivity index (χ0) is 15.2. The zero-order valence-corrected chi connectivity index (χ0v) is 13.3. The highest BCUT2D eigenvalue weighted by molar-refractivity contribution is 5.93. The number of pyridine rings is 1. The Labute approximate surface area is 126 Å². The molecular weight excluding hydrogens is 264 g/mol. The number of fused-ring (bicyclic) bond motifs is 1. The summed E-state index contributed by atoms with van der Waals surface area (Å²) in [5.74, 6) is 2.34. The van der Waals surface area contributed by atoms with Crippen molar-refractivity contribution in [3.05, 3.63) is 23.9 Å². The topological polar surface area (TPSA) is 48.5 Å². The van der Waals surface area contributed by atoms with E-state index in [0.717, 1.165) is 25.5 Å². The molecule has 1 amide bonds. The highest BCUT2D eigenvalue weighted by Crippen LogP contribution is 2.42. The van der Waals surface area contributed by atoms with Crippen LogP contribution in [-0.4, -0.2) is 55.1 Å². The minimum absolute atomic E-state index is 0.00389. The molecule has 0 radical (unpaired) electrons. The van der Waals surface area contributed by atoms with Gasteiger partial charge in [0.15, 0.2) is 0 Å². The summed E-state index contributed by atoms with van der Waals surface area (Å²) < 4.78 is 0. The summed E-state index contributed by atoms with van der Waals surface area (Å²) >= 11 is 0. The maximum Gasteiger partial charge on any atom is 0.254 e. The summed E-state index contributed by atoms with van der Waals surface area (Å²) in [4.78, 5) is 20.4. The minimum Gasteiger partial charge on any atom is -0.351 e. The van der Waals surface area contributed by atoms with Gasteiger partial charge in [0.25, 0.3) is 5.91 Å². The van der Waals surface area contributed by atoms with Crippen LogP contribution >= 0.6 is 0 Å². The highest BCUT2D eigenvalue weighted by Gasteiger charge is 2.49. The number of aromatic nitrogens is 1. The Kier molecular flexibility index (Phi) is 3.40. The Balaban J connectivity index is 1.83. The van der Waals surface area contributed by atoms with Crippen molar-refractivity contribution in [2.24, 2.45) is 11.8 Å². The number of anilines is 1. The number of nitrogens with one attached hydrogen (secondary N) is 1. The first-order valence-corrected chi connectivity index (χ1v) is 7.57. The predicted octanol–water partition coefficient (Wildman–Crippen LogP) is 1.22. The van der Waals surface area contributed by atoms with Crippen molar-refractivity contribution in [2.75, 3.05) is 38.6 Å². The van der Waals surface area contributed by atoms with Crippen LogP contribution in [0.5, 0.6) is 0 Å². The minimum atomic E-state index is -0.00389. The number of rotatable bonds is 2. The van der Waals surface area contributed by atoms with Gasteiger partial charge in [-0.2, -0.15) is 0 Å². The van der Waals surface area contributed by atoms with Crippen LogP contribution in [0.1, 0.15) is 24.2 Å². The van der Waals surface area contributed by atoms with Gasteiger partial charge in [-0.05, 0) is 37.8 Å².